The number of pyridine rings is 1. The van der Waals surface area contributed by atoms with Gasteiger partial charge in [-0.2, -0.15) is 13.2 Å². The van der Waals surface area contributed by atoms with Gasteiger partial charge in [0.25, 0.3) is 0 Å². The number of nitrogens with two attached hydrogens (primary N) is 2. The molecule has 6 heteroatoms. The minimum atomic E-state index is -4.39. The summed E-state index contributed by atoms with van der Waals surface area (Å²) in [5.74, 6) is 0. The summed E-state index contributed by atoms with van der Waals surface area (Å²) in [7, 11) is 0. The molecule has 0 saturated carbocycles. The topological polar surface area (TPSA) is 64.9 Å². The molecule has 0 aliphatic carbocycles. The van der Waals surface area contributed by atoms with Crippen LogP contribution in [0.25, 0.3) is 0 Å². The molecule has 0 aliphatic rings. The molecule has 1 heterocycles. The molecular weight excluding hydrogens is 255 g/mol. The Bertz CT molecular complexity index is 581. The average Bonchev–Trinajstić information content (AvgIpc) is 2.38. The summed E-state index contributed by atoms with van der Waals surface area (Å²) in [4.78, 5) is 3.88. The molecule has 100 valence electrons. The first-order chi connectivity index (χ1) is 8.89. The van der Waals surface area contributed by atoms with Gasteiger partial charge in [0.05, 0.1) is 11.6 Å². The van der Waals surface area contributed by atoms with Gasteiger partial charge >= 0.3 is 6.18 Å². The molecule has 0 aliphatic heterocycles. The van der Waals surface area contributed by atoms with Crippen LogP contribution in [-0.4, -0.2) is 4.98 Å². The highest BCUT2D eigenvalue weighted by Crippen LogP contribution is 2.32. The molecule has 2 rings (SSSR count). The smallest absolute Gasteiger partial charge is 0.398 e. The van der Waals surface area contributed by atoms with Crippen molar-refractivity contribution in [2.75, 3.05) is 5.73 Å². The number of anilines is 1. The number of rotatable bonds is 2. The van der Waals surface area contributed by atoms with Gasteiger partial charge in [0.2, 0.25) is 0 Å². The fraction of sp³-hybridized carbons (Fsp3) is 0.154. The van der Waals surface area contributed by atoms with Crippen LogP contribution in [0.1, 0.15) is 22.7 Å². The number of alkyl halides is 3. The molecule has 0 spiro atoms. The molecule has 0 amide bonds. The number of nitrogen functional groups attached to an aromatic ring is 1. The summed E-state index contributed by atoms with van der Waals surface area (Å²) in [6, 6.07) is 5.70. The van der Waals surface area contributed by atoms with E-state index in [1.165, 1.54) is 24.5 Å². The first-order valence-corrected chi connectivity index (χ1v) is 5.51. The van der Waals surface area contributed by atoms with Gasteiger partial charge in [-0.05, 0) is 23.8 Å². The van der Waals surface area contributed by atoms with Crippen molar-refractivity contribution < 1.29 is 13.2 Å². The summed E-state index contributed by atoms with van der Waals surface area (Å²) in [5, 5.41) is 0. The van der Waals surface area contributed by atoms with Gasteiger partial charge in [-0.25, -0.2) is 0 Å². The number of hydrogen-bond acceptors (Lipinski definition) is 3. The number of nitrogens with zero attached hydrogens (tertiary/aromatic N) is 1. The van der Waals surface area contributed by atoms with E-state index in [9.17, 15) is 13.2 Å². The van der Waals surface area contributed by atoms with Crippen LogP contribution >= 0.6 is 0 Å². The Labute approximate surface area is 108 Å². The molecule has 1 aromatic heterocycles. The molecule has 0 radical (unpaired) electrons. The molecule has 19 heavy (non-hydrogen) atoms. The van der Waals surface area contributed by atoms with E-state index in [0.29, 0.717) is 16.8 Å². The van der Waals surface area contributed by atoms with Crippen molar-refractivity contribution >= 4 is 5.69 Å². The van der Waals surface area contributed by atoms with E-state index < -0.39 is 17.8 Å². The van der Waals surface area contributed by atoms with E-state index in [0.717, 1.165) is 12.1 Å². The van der Waals surface area contributed by atoms with Crippen LogP contribution in [0, 0.1) is 0 Å². The third-order valence-corrected chi connectivity index (χ3v) is 2.80. The second-order valence-electron chi connectivity index (χ2n) is 4.11. The van der Waals surface area contributed by atoms with Crippen molar-refractivity contribution in [3.8, 4) is 0 Å². The van der Waals surface area contributed by atoms with E-state index in [2.05, 4.69) is 4.98 Å². The molecule has 4 N–H and O–H groups in total. The van der Waals surface area contributed by atoms with Crippen molar-refractivity contribution in [3.63, 3.8) is 0 Å². The van der Waals surface area contributed by atoms with E-state index in [-0.39, 0.29) is 0 Å². The van der Waals surface area contributed by atoms with Crippen LogP contribution in [0.3, 0.4) is 0 Å². The van der Waals surface area contributed by atoms with Crippen LogP contribution in [0.2, 0.25) is 0 Å². The molecule has 1 unspecified atom stereocenters. The van der Waals surface area contributed by atoms with Gasteiger partial charge in [0.1, 0.15) is 0 Å². The Morgan fingerprint density at radius 2 is 1.89 bits per heavy atom. The maximum absolute atomic E-state index is 12.6. The minimum absolute atomic E-state index is 0.342. The first-order valence-electron chi connectivity index (χ1n) is 5.51. The third kappa shape index (κ3) is 2.85. The summed E-state index contributed by atoms with van der Waals surface area (Å²) >= 11 is 0. The van der Waals surface area contributed by atoms with Crippen LogP contribution in [0.15, 0.2) is 42.7 Å². The zero-order valence-electron chi connectivity index (χ0n) is 9.85. The lowest BCUT2D eigenvalue weighted by Gasteiger charge is -2.16. The Hall–Kier alpha value is -2.08. The Morgan fingerprint density at radius 1 is 1.16 bits per heavy atom. The van der Waals surface area contributed by atoms with Gasteiger partial charge in [0.15, 0.2) is 0 Å². The van der Waals surface area contributed by atoms with E-state index >= 15 is 0 Å². The van der Waals surface area contributed by atoms with Crippen molar-refractivity contribution in [1.29, 1.82) is 0 Å². The molecule has 0 saturated heterocycles. The first kappa shape index (κ1) is 13.4. The number of benzene rings is 1. The minimum Gasteiger partial charge on any atom is -0.398 e. The quantitative estimate of drug-likeness (QED) is 0.879. The summed E-state index contributed by atoms with van der Waals surface area (Å²) in [5.41, 5.74) is 12.2. The number of hydrogen-bond donors (Lipinski definition) is 2. The lowest BCUT2D eigenvalue weighted by molar-refractivity contribution is -0.137. The third-order valence-electron chi connectivity index (χ3n) is 2.80. The predicted molar refractivity (Wildman–Crippen MR) is 66.1 cm³/mol. The lowest BCUT2D eigenvalue weighted by Crippen LogP contribution is -2.15. The zero-order chi connectivity index (χ0) is 14.0. The van der Waals surface area contributed by atoms with Crippen LogP contribution in [0.5, 0.6) is 0 Å². The Kier molecular flexibility index (Phi) is 3.44. The highest BCUT2D eigenvalue weighted by atomic mass is 19.4. The van der Waals surface area contributed by atoms with Gasteiger partial charge in [-0.15, -0.1) is 0 Å². The Morgan fingerprint density at radius 3 is 2.53 bits per heavy atom. The molecule has 0 bridgehead atoms. The highest BCUT2D eigenvalue weighted by molar-refractivity contribution is 5.49. The van der Waals surface area contributed by atoms with Gasteiger partial charge in [0, 0.05) is 23.6 Å². The number of aromatic nitrogens is 1. The maximum Gasteiger partial charge on any atom is 0.416 e. The maximum atomic E-state index is 12.6. The molecule has 1 aromatic carbocycles. The van der Waals surface area contributed by atoms with Crippen molar-refractivity contribution in [3.05, 3.63) is 59.4 Å². The van der Waals surface area contributed by atoms with E-state index in [4.69, 9.17) is 11.5 Å². The zero-order valence-corrected chi connectivity index (χ0v) is 9.85. The fourth-order valence-corrected chi connectivity index (χ4v) is 1.77. The fourth-order valence-electron chi connectivity index (χ4n) is 1.77. The van der Waals surface area contributed by atoms with Crippen LogP contribution in [-0.2, 0) is 6.18 Å². The predicted octanol–water partition coefficient (Wildman–Crippen LogP) is 2.73. The summed E-state index contributed by atoms with van der Waals surface area (Å²) < 4.78 is 37.9. The normalized spacial score (nSPS) is 13.3. The molecule has 3 nitrogen and oxygen atoms in total. The van der Waals surface area contributed by atoms with Crippen molar-refractivity contribution in [2.24, 2.45) is 5.73 Å². The van der Waals surface area contributed by atoms with E-state index in [1.807, 2.05) is 0 Å². The lowest BCUT2D eigenvalue weighted by atomic mass is 9.98. The molecule has 0 fully saturated rings. The van der Waals surface area contributed by atoms with Crippen molar-refractivity contribution in [2.45, 2.75) is 12.2 Å². The average molecular weight is 267 g/mol. The van der Waals surface area contributed by atoms with Crippen LogP contribution < -0.4 is 11.5 Å². The largest absolute Gasteiger partial charge is 0.416 e. The number of halogens is 3. The molecule has 1 atom stereocenters. The van der Waals surface area contributed by atoms with Gasteiger partial charge in [-0.1, -0.05) is 12.1 Å². The van der Waals surface area contributed by atoms with Gasteiger partial charge < -0.3 is 11.5 Å². The summed E-state index contributed by atoms with van der Waals surface area (Å²) in [6.45, 7) is 0. The van der Waals surface area contributed by atoms with E-state index in [1.54, 1.807) is 6.07 Å². The molecular formula is C13H12F3N3. The van der Waals surface area contributed by atoms with Crippen LogP contribution in [0.4, 0.5) is 18.9 Å². The summed E-state index contributed by atoms with van der Waals surface area (Å²) in [6.07, 6.45) is -1.44. The molecule has 2 aromatic rings. The van der Waals surface area contributed by atoms with Crippen molar-refractivity contribution in [1.82, 2.24) is 4.98 Å². The monoisotopic (exact) mass is 267 g/mol. The SMILES string of the molecule is Nc1ccncc1C(N)c1cccc(C(F)(F)F)c1. The standard InChI is InChI=1S/C13H12F3N3/c14-13(15,16)9-3-1-2-8(6-9)12(18)10-7-19-5-4-11(10)17/h1-7,12H,18H2,(H2,17,19). The second-order valence-corrected chi connectivity index (χ2v) is 4.11. The van der Waals surface area contributed by atoms with Gasteiger partial charge in [-0.3, -0.25) is 4.98 Å². The highest BCUT2D eigenvalue weighted by Gasteiger charge is 2.30. The second kappa shape index (κ2) is 4.89. The Balaban J connectivity index is 2.40.